The SMILES string of the molecule is NC(c1ccc(-n2cc(C(c3ccnc4nc[nH]c34)S(=O)[O-])cn2)nc1)C(F)(F)F. The van der Waals surface area contributed by atoms with Gasteiger partial charge in [-0.2, -0.15) is 18.3 Å². The first-order valence-electron chi connectivity index (χ1n) is 8.45. The maximum Gasteiger partial charge on any atom is 0.407 e. The van der Waals surface area contributed by atoms with E-state index in [1.165, 1.54) is 41.7 Å². The number of imidazole rings is 1. The minimum Gasteiger partial charge on any atom is -0.772 e. The van der Waals surface area contributed by atoms with Crippen molar-refractivity contribution >= 4 is 22.2 Å². The van der Waals surface area contributed by atoms with E-state index in [2.05, 4.69) is 25.0 Å². The Balaban J connectivity index is 1.67. The van der Waals surface area contributed by atoms with E-state index in [0.717, 1.165) is 6.20 Å². The number of rotatable bonds is 5. The molecule has 0 bridgehead atoms. The molecule has 0 saturated carbocycles. The van der Waals surface area contributed by atoms with Crippen molar-refractivity contribution in [3.8, 4) is 5.82 Å². The van der Waals surface area contributed by atoms with Crippen LogP contribution >= 0.6 is 0 Å². The second-order valence-electron chi connectivity index (χ2n) is 6.33. The molecule has 0 spiro atoms. The Morgan fingerprint density at radius 3 is 2.60 bits per heavy atom. The van der Waals surface area contributed by atoms with Gasteiger partial charge in [0.05, 0.1) is 23.3 Å². The molecule has 3 atom stereocenters. The first-order chi connectivity index (χ1) is 14.3. The monoisotopic (exact) mass is 436 g/mol. The van der Waals surface area contributed by atoms with Crippen LogP contribution in [0.15, 0.2) is 49.3 Å². The maximum absolute atomic E-state index is 12.7. The van der Waals surface area contributed by atoms with E-state index in [1.807, 2.05) is 0 Å². The van der Waals surface area contributed by atoms with Crippen LogP contribution in [0.2, 0.25) is 0 Å². The molecule has 0 aliphatic carbocycles. The summed E-state index contributed by atoms with van der Waals surface area (Å²) in [4.78, 5) is 14.9. The predicted octanol–water partition coefficient (Wildman–Crippen LogP) is 2.07. The summed E-state index contributed by atoms with van der Waals surface area (Å²) in [5, 5.41) is 3.03. The number of nitrogens with zero attached hydrogens (tertiary/aromatic N) is 5. The molecule has 0 radical (unpaired) electrons. The number of hydrogen-bond acceptors (Lipinski definition) is 7. The first-order valence-corrected chi connectivity index (χ1v) is 9.58. The molecule has 4 rings (SSSR count). The fourth-order valence-electron chi connectivity index (χ4n) is 2.99. The first kappa shape index (κ1) is 20.1. The molecule has 4 aromatic rings. The summed E-state index contributed by atoms with van der Waals surface area (Å²) in [5.74, 6) is 0.205. The van der Waals surface area contributed by atoms with Gasteiger partial charge in [-0.3, -0.25) is 4.21 Å². The highest BCUT2D eigenvalue weighted by Crippen LogP contribution is 2.32. The van der Waals surface area contributed by atoms with Crippen molar-refractivity contribution in [3.63, 3.8) is 0 Å². The highest BCUT2D eigenvalue weighted by atomic mass is 32.2. The van der Waals surface area contributed by atoms with Gasteiger partial charge >= 0.3 is 6.18 Å². The number of nitrogens with one attached hydrogen (secondary N) is 1. The van der Waals surface area contributed by atoms with E-state index in [4.69, 9.17) is 5.73 Å². The van der Waals surface area contributed by atoms with Crippen LogP contribution in [0.4, 0.5) is 13.2 Å². The fourth-order valence-corrected chi connectivity index (χ4v) is 3.73. The quantitative estimate of drug-likeness (QED) is 0.457. The summed E-state index contributed by atoms with van der Waals surface area (Å²) in [6, 6.07) is 1.93. The lowest BCUT2D eigenvalue weighted by Gasteiger charge is -2.19. The van der Waals surface area contributed by atoms with Gasteiger partial charge < -0.3 is 15.3 Å². The van der Waals surface area contributed by atoms with Crippen LogP contribution in [-0.4, -0.2) is 44.7 Å². The van der Waals surface area contributed by atoms with Gasteiger partial charge in [-0.05, 0) is 28.8 Å². The number of hydrogen-bond donors (Lipinski definition) is 2. The molecule has 3 unspecified atom stereocenters. The summed E-state index contributed by atoms with van der Waals surface area (Å²) >= 11 is -2.55. The minimum atomic E-state index is -4.59. The zero-order valence-corrected chi connectivity index (χ0v) is 15.8. The van der Waals surface area contributed by atoms with Crippen molar-refractivity contribution in [1.82, 2.24) is 29.7 Å². The number of H-pyrrole nitrogens is 1. The molecule has 0 aliphatic heterocycles. The number of nitrogens with two attached hydrogens (primary N) is 1. The average molecular weight is 436 g/mol. The average Bonchev–Trinajstić information content (AvgIpc) is 3.37. The normalized spacial score (nSPS) is 15.2. The lowest BCUT2D eigenvalue weighted by Crippen LogP contribution is -2.28. The summed E-state index contributed by atoms with van der Waals surface area (Å²) in [6.45, 7) is 0. The minimum absolute atomic E-state index is 0.199. The smallest absolute Gasteiger partial charge is 0.407 e. The zero-order chi connectivity index (χ0) is 21.5. The third-order valence-corrected chi connectivity index (χ3v) is 5.37. The van der Waals surface area contributed by atoms with Gasteiger partial charge in [0.1, 0.15) is 6.04 Å². The van der Waals surface area contributed by atoms with E-state index >= 15 is 0 Å². The molecule has 30 heavy (non-hydrogen) atoms. The highest BCUT2D eigenvalue weighted by Gasteiger charge is 2.38. The van der Waals surface area contributed by atoms with E-state index in [-0.39, 0.29) is 11.4 Å². The van der Waals surface area contributed by atoms with Crippen LogP contribution in [0.5, 0.6) is 0 Å². The van der Waals surface area contributed by atoms with Crippen LogP contribution in [0.3, 0.4) is 0 Å². The number of aromatic amines is 1. The van der Waals surface area contributed by atoms with Crippen molar-refractivity contribution < 1.29 is 21.9 Å². The van der Waals surface area contributed by atoms with E-state index in [0.29, 0.717) is 22.3 Å². The molecule has 0 amide bonds. The van der Waals surface area contributed by atoms with Crippen molar-refractivity contribution in [3.05, 3.63) is 66.0 Å². The number of pyridine rings is 2. The Bertz CT molecular complexity index is 1210. The molecular weight excluding hydrogens is 423 g/mol. The molecule has 156 valence electrons. The molecule has 13 heteroatoms. The maximum atomic E-state index is 12.7. The Labute approximate surface area is 169 Å². The van der Waals surface area contributed by atoms with Gasteiger partial charge in [0.25, 0.3) is 0 Å². The van der Waals surface area contributed by atoms with Crippen molar-refractivity contribution in [2.75, 3.05) is 0 Å². The van der Waals surface area contributed by atoms with E-state index in [9.17, 15) is 21.9 Å². The van der Waals surface area contributed by atoms with Crippen LogP contribution in [0, 0.1) is 0 Å². The van der Waals surface area contributed by atoms with E-state index < -0.39 is 28.5 Å². The number of alkyl halides is 3. The second kappa shape index (κ2) is 7.59. The van der Waals surface area contributed by atoms with E-state index in [1.54, 1.807) is 6.07 Å². The topological polar surface area (TPSA) is 138 Å². The van der Waals surface area contributed by atoms with Crippen LogP contribution in [-0.2, 0) is 11.1 Å². The fraction of sp³-hybridized carbons (Fsp3) is 0.176. The molecule has 9 nitrogen and oxygen atoms in total. The van der Waals surface area contributed by atoms with Gasteiger partial charge in [-0.25, -0.2) is 19.6 Å². The van der Waals surface area contributed by atoms with Gasteiger partial charge in [0, 0.05) is 29.7 Å². The zero-order valence-electron chi connectivity index (χ0n) is 14.9. The molecule has 4 aromatic heterocycles. The predicted molar refractivity (Wildman–Crippen MR) is 99.0 cm³/mol. The number of fused-ring (bicyclic) bond motifs is 1. The Hall–Kier alpha value is -3.16. The molecule has 0 aliphatic rings. The number of halogens is 3. The van der Waals surface area contributed by atoms with Crippen molar-refractivity contribution in [1.29, 1.82) is 0 Å². The summed E-state index contributed by atoms with van der Waals surface area (Å²) in [7, 11) is 0. The Kier molecular flexibility index (Phi) is 5.09. The van der Waals surface area contributed by atoms with Crippen LogP contribution in [0.25, 0.3) is 17.0 Å². The molecule has 0 aromatic carbocycles. The Morgan fingerprint density at radius 2 is 1.93 bits per heavy atom. The Morgan fingerprint density at radius 1 is 1.13 bits per heavy atom. The molecule has 0 fully saturated rings. The molecule has 0 saturated heterocycles. The van der Waals surface area contributed by atoms with Crippen molar-refractivity contribution in [2.45, 2.75) is 17.5 Å². The summed E-state index contributed by atoms with van der Waals surface area (Å²) in [6.07, 6.45) is 2.07. The highest BCUT2D eigenvalue weighted by molar-refractivity contribution is 7.79. The summed E-state index contributed by atoms with van der Waals surface area (Å²) < 4.78 is 63.5. The molecular formula is C17H13F3N7O2S-. The largest absolute Gasteiger partial charge is 0.772 e. The van der Waals surface area contributed by atoms with Gasteiger partial charge in [0.2, 0.25) is 0 Å². The third-order valence-electron chi connectivity index (χ3n) is 4.46. The lowest BCUT2D eigenvalue weighted by atomic mass is 10.1. The molecule has 4 heterocycles. The van der Waals surface area contributed by atoms with Gasteiger partial charge in [-0.15, -0.1) is 0 Å². The number of aromatic nitrogens is 6. The van der Waals surface area contributed by atoms with Crippen LogP contribution < -0.4 is 5.73 Å². The summed E-state index contributed by atoms with van der Waals surface area (Å²) in [5.41, 5.74) is 6.59. The molecule has 3 N–H and O–H groups in total. The second-order valence-corrected chi connectivity index (χ2v) is 7.32. The van der Waals surface area contributed by atoms with Crippen molar-refractivity contribution in [2.24, 2.45) is 5.73 Å². The lowest BCUT2D eigenvalue weighted by molar-refractivity contribution is -0.149. The van der Waals surface area contributed by atoms with Crippen LogP contribution in [0.1, 0.15) is 28.0 Å². The third kappa shape index (κ3) is 3.69. The van der Waals surface area contributed by atoms with Gasteiger partial charge in [-0.1, -0.05) is 6.07 Å². The van der Waals surface area contributed by atoms with Gasteiger partial charge in [0.15, 0.2) is 11.5 Å². The standard InChI is InChI=1S/C17H14F3N7O2S/c18-17(19,20)15(21)9-1-2-12(23-5-9)27-7-10(6-26-27)14(30(28)29)11-3-4-22-16-13(11)24-8-25-16/h1-8,14-15H,21H2,(H,28,29)(H,22,24,25)/p-1.